The average molecular weight is 403 g/mol. The Morgan fingerprint density at radius 1 is 1.11 bits per heavy atom. The Labute approximate surface area is 164 Å². The van der Waals surface area contributed by atoms with Crippen LogP contribution in [0.15, 0.2) is 24.3 Å². The molecule has 0 spiro atoms. The lowest BCUT2D eigenvalue weighted by Crippen LogP contribution is -2.20. The summed E-state index contributed by atoms with van der Waals surface area (Å²) in [4.78, 5) is 9.57. The lowest BCUT2D eigenvalue weighted by molar-refractivity contribution is 0.120. The van der Waals surface area contributed by atoms with Crippen LogP contribution in [0.3, 0.4) is 0 Å². The average Bonchev–Trinajstić information content (AvgIpc) is 2.89. The SMILES string of the molecule is CCCCC[C@H](O)/C=C/[C@@H]1[C@@H](C/C=C\CCCP(=O)(O)CC)[C@@H](O)C[C@H]1O. The zero-order valence-electron chi connectivity index (χ0n) is 16.9. The van der Waals surface area contributed by atoms with Gasteiger partial charge in [-0.05, 0) is 31.6 Å². The largest absolute Gasteiger partial charge is 0.393 e. The highest BCUT2D eigenvalue weighted by molar-refractivity contribution is 7.57. The Hall–Kier alpha value is -0.450. The molecule has 0 heterocycles. The van der Waals surface area contributed by atoms with Gasteiger partial charge in [0, 0.05) is 24.7 Å². The Balaban J connectivity index is 2.46. The summed E-state index contributed by atoms with van der Waals surface area (Å²) in [5.74, 6) is -0.210. The minimum atomic E-state index is -2.94. The van der Waals surface area contributed by atoms with Crippen molar-refractivity contribution in [1.82, 2.24) is 0 Å². The molecule has 0 aromatic rings. The molecule has 0 radical (unpaired) electrons. The van der Waals surface area contributed by atoms with Crippen LogP contribution in [0, 0.1) is 11.8 Å². The molecule has 0 aliphatic heterocycles. The van der Waals surface area contributed by atoms with Gasteiger partial charge >= 0.3 is 0 Å². The monoisotopic (exact) mass is 402 g/mol. The van der Waals surface area contributed by atoms with Crippen molar-refractivity contribution >= 4 is 7.37 Å². The van der Waals surface area contributed by atoms with Crippen LogP contribution < -0.4 is 0 Å². The van der Waals surface area contributed by atoms with E-state index < -0.39 is 25.7 Å². The molecular weight excluding hydrogens is 363 g/mol. The van der Waals surface area contributed by atoms with Crippen LogP contribution >= 0.6 is 7.37 Å². The Morgan fingerprint density at radius 2 is 1.85 bits per heavy atom. The van der Waals surface area contributed by atoms with Gasteiger partial charge in [-0.3, -0.25) is 4.57 Å². The van der Waals surface area contributed by atoms with Gasteiger partial charge in [-0.2, -0.15) is 0 Å². The van der Waals surface area contributed by atoms with Gasteiger partial charge in [0.15, 0.2) is 7.37 Å². The molecule has 1 rings (SSSR count). The number of aliphatic hydroxyl groups excluding tert-OH is 3. The van der Waals surface area contributed by atoms with Crippen molar-refractivity contribution in [1.29, 1.82) is 0 Å². The topological polar surface area (TPSA) is 98.0 Å². The number of aliphatic hydroxyl groups is 3. The summed E-state index contributed by atoms with van der Waals surface area (Å²) in [5.41, 5.74) is 0. The van der Waals surface area contributed by atoms with Crippen LogP contribution in [0.4, 0.5) is 0 Å². The number of hydrogen-bond donors (Lipinski definition) is 4. The van der Waals surface area contributed by atoms with Gasteiger partial charge in [0.05, 0.1) is 18.3 Å². The Bertz CT molecular complexity index is 505. The summed E-state index contributed by atoms with van der Waals surface area (Å²) in [6.07, 6.45) is 13.1. The summed E-state index contributed by atoms with van der Waals surface area (Å²) in [7, 11) is -2.94. The summed E-state index contributed by atoms with van der Waals surface area (Å²) in [6, 6.07) is 0. The number of unbranched alkanes of at least 4 members (excludes halogenated alkanes) is 3. The maximum absolute atomic E-state index is 11.6. The Kier molecular flexibility index (Phi) is 11.7. The van der Waals surface area contributed by atoms with E-state index in [0.717, 1.165) is 32.1 Å². The third-order valence-electron chi connectivity index (χ3n) is 5.52. The van der Waals surface area contributed by atoms with Crippen molar-refractivity contribution in [3.8, 4) is 0 Å². The molecule has 27 heavy (non-hydrogen) atoms. The lowest BCUT2D eigenvalue weighted by atomic mass is 9.89. The fraction of sp³-hybridized carbons (Fsp3) is 0.810. The van der Waals surface area contributed by atoms with Gasteiger partial charge in [0.25, 0.3) is 0 Å². The highest BCUT2D eigenvalue weighted by atomic mass is 31.2. The van der Waals surface area contributed by atoms with E-state index in [1.54, 1.807) is 13.0 Å². The summed E-state index contributed by atoms with van der Waals surface area (Å²) < 4.78 is 11.6. The van der Waals surface area contributed by atoms with E-state index in [9.17, 15) is 24.8 Å². The first-order valence-electron chi connectivity index (χ1n) is 10.5. The molecule has 1 aliphatic carbocycles. The van der Waals surface area contributed by atoms with Crippen LogP contribution in [0.5, 0.6) is 0 Å². The van der Waals surface area contributed by atoms with Crippen LogP contribution in [-0.4, -0.2) is 50.8 Å². The van der Waals surface area contributed by atoms with Crippen molar-refractivity contribution in [3.63, 3.8) is 0 Å². The van der Waals surface area contributed by atoms with Crippen LogP contribution in [0.2, 0.25) is 0 Å². The van der Waals surface area contributed by atoms with E-state index in [1.807, 2.05) is 18.2 Å². The maximum Gasteiger partial charge on any atom is 0.200 e. The molecule has 4 N–H and O–H groups in total. The summed E-state index contributed by atoms with van der Waals surface area (Å²) >= 11 is 0. The zero-order chi connectivity index (χ0) is 20.3. The lowest BCUT2D eigenvalue weighted by Gasteiger charge is -2.19. The molecule has 1 aliphatic rings. The molecule has 0 saturated heterocycles. The molecule has 1 unspecified atom stereocenters. The van der Waals surface area contributed by atoms with Gasteiger partial charge in [-0.15, -0.1) is 0 Å². The number of rotatable bonds is 13. The standard InChI is InChI=1S/C21H39O5P/c1-3-5-8-11-17(22)13-14-19-18(20(23)16-21(19)24)12-9-6-7-10-15-27(25,26)4-2/h6,9,13-14,17-24H,3-5,7-8,10-12,15-16H2,1-2H3,(H,25,26)/b9-6-,14-13+/t17-,18+,19+,20-,21+/m0/s1. The second-order valence-corrected chi connectivity index (χ2v) is 10.6. The van der Waals surface area contributed by atoms with Gasteiger partial charge in [0.2, 0.25) is 0 Å². The molecule has 6 atom stereocenters. The third-order valence-corrected chi connectivity index (χ3v) is 7.53. The molecule has 6 heteroatoms. The number of hydrogen-bond acceptors (Lipinski definition) is 4. The molecule has 0 aromatic heterocycles. The second-order valence-electron chi connectivity index (χ2n) is 7.80. The Morgan fingerprint density at radius 3 is 2.52 bits per heavy atom. The second kappa shape index (κ2) is 12.9. The quantitative estimate of drug-likeness (QED) is 0.213. The van der Waals surface area contributed by atoms with Gasteiger partial charge in [-0.1, -0.05) is 57.4 Å². The third kappa shape index (κ3) is 9.54. The van der Waals surface area contributed by atoms with Crippen molar-refractivity contribution in [2.45, 2.75) is 83.5 Å². The fourth-order valence-electron chi connectivity index (χ4n) is 3.65. The molecule has 0 amide bonds. The predicted molar refractivity (Wildman–Crippen MR) is 111 cm³/mol. The number of allylic oxidation sites excluding steroid dienone is 2. The van der Waals surface area contributed by atoms with Crippen molar-refractivity contribution in [2.24, 2.45) is 11.8 Å². The smallest absolute Gasteiger partial charge is 0.200 e. The van der Waals surface area contributed by atoms with E-state index in [2.05, 4.69) is 6.92 Å². The van der Waals surface area contributed by atoms with E-state index in [0.29, 0.717) is 31.6 Å². The van der Waals surface area contributed by atoms with Gasteiger partial charge < -0.3 is 20.2 Å². The van der Waals surface area contributed by atoms with Gasteiger partial charge in [-0.25, -0.2) is 0 Å². The minimum absolute atomic E-state index is 0.0603. The first kappa shape index (κ1) is 24.6. The normalized spacial score (nSPS) is 29.6. The highest BCUT2D eigenvalue weighted by Crippen LogP contribution is 2.40. The molecule has 1 saturated carbocycles. The highest BCUT2D eigenvalue weighted by Gasteiger charge is 2.39. The van der Waals surface area contributed by atoms with E-state index >= 15 is 0 Å². The predicted octanol–water partition coefficient (Wildman–Crippen LogP) is 3.86. The minimum Gasteiger partial charge on any atom is -0.393 e. The van der Waals surface area contributed by atoms with Gasteiger partial charge in [0.1, 0.15) is 0 Å². The molecule has 5 nitrogen and oxygen atoms in total. The van der Waals surface area contributed by atoms with E-state index in [4.69, 9.17) is 0 Å². The van der Waals surface area contributed by atoms with Crippen molar-refractivity contribution in [2.75, 3.05) is 12.3 Å². The molecule has 158 valence electrons. The summed E-state index contributed by atoms with van der Waals surface area (Å²) in [5, 5.41) is 30.5. The van der Waals surface area contributed by atoms with E-state index in [1.165, 1.54) is 0 Å². The fourth-order valence-corrected chi connectivity index (χ4v) is 4.64. The summed E-state index contributed by atoms with van der Waals surface area (Å²) in [6.45, 7) is 3.86. The first-order valence-corrected chi connectivity index (χ1v) is 12.5. The van der Waals surface area contributed by atoms with Crippen LogP contribution in [0.1, 0.15) is 65.2 Å². The van der Waals surface area contributed by atoms with Crippen molar-refractivity contribution < 1.29 is 24.8 Å². The molecule has 0 bridgehead atoms. The molecule has 0 aromatic carbocycles. The first-order chi connectivity index (χ1) is 12.8. The zero-order valence-corrected chi connectivity index (χ0v) is 17.8. The molecule has 1 fully saturated rings. The molecular formula is C21H39O5P. The van der Waals surface area contributed by atoms with Crippen molar-refractivity contribution in [3.05, 3.63) is 24.3 Å². The maximum atomic E-state index is 11.6. The van der Waals surface area contributed by atoms with Crippen LogP contribution in [0.25, 0.3) is 0 Å². The van der Waals surface area contributed by atoms with Crippen LogP contribution in [-0.2, 0) is 4.57 Å². The van der Waals surface area contributed by atoms with E-state index in [-0.39, 0.29) is 11.8 Å².